The minimum atomic E-state index is 0.226. The Hall–Kier alpha value is -0.820. The molecule has 1 rings (SSSR count). The monoisotopic (exact) mass is 247 g/mol. The molecule has 1 nitrogen and oxygen atoms in total. The highest BCUT2D eigenvalue weighted by Crippen LogP contribution is 2.38. The van der Waals surface area contributed by atoms with E-state index in [9.17, 15) is 0 Å². The number of benzene rings is 1. The predicted octanol–water partition coefficient (Wildman–Crippen LogP) is 4.46. The molecule has 0 spiro atoms. The summed E-state index contributed by atoms with van der Waals surface area (Å²) in [4.78, 5) is 0. The Labute approximate surface area is 113 Å². The second-order valence-electron chi connectivity index (χ2n) is 7.37. The van der Waals surface area contributed by atoms with Gasteiger partial charge in [0.15, 0.2) is 0 Å². The molecule has 0 aliphatic carbocycles. The van der Waals surface area contributed by atoms with Crippen molar-refractivity contribution in [1.29, 1.82) is 0 Å². The third-order valence-electron chi connectivity index (χ3n) is 3.68. The minimum Gasteiger partial charge on any atom is -0.330 e. The molecule has 1 heteroatoms. The Morgan fingerprint density at radius 2 is 1.44 bits per heavy atom. The van der Waals surface area contributed by atoms with Gasteiger partial charge in [-0.25, -0.2) is 0 Å². The molecule has 0 heterocycles. The van der Waals surface area contributed by atoms with Crippen molar-refractivity contribution in [2.45, 2.75) is 59.3 Å². The van der Waals surface area contributed by atoms with Crippen molar-refractivity contribution in [2.24, 2.45) is 11.1 Å². The van der Waals surface area contributed by atoms with Gasteiger partial charge in [0.05, 0.1) is 0 Å². The lowest BCUT2D eigenvalue weighted by Gasteiger charge is -2.31. The molecule has 0 saturated heterocycles. The van der Waals surface area contributed by atoms with Crippen molar-refractivity contribution >= 4 is 0 Å². The first-order valence-electron chi connectivity index (χ1n) is 6.97. The van der Waals surface area contributed by atoms with Gasteiger partial charge in [-0.05, 0) is 40.8 Å². The van der Waals surface area contributed by atoms with Gasteiger partial charge in [0.1, 0.15) is 0 Å². The lowest BCUT2D eigenvalue weighted by Crippen LogP contribution is -2.21. The highest BCUT2D eigenvalue weighted by molar-refractivity contribution is 5.30. The average molecular weight is 247 g/mol. The molecule has 2 N–H and O–H groups in total. The molecule has 0 fully saturated rings. The fourth-order valence-corrected chi connectivity index (χ4v) is 2.48. The molecule has 0 radical (unpaired) electrons. The zero-order valence-corrected chi connectivity index (χ0v) is 12.9. The molecular formula is C17H29N. The highest BCUT2D eigenvalue weighted by atomic mass is 14.5. The van der Waals surface area contributed by atoms with E-state index in [2.05, 4.69) is 65.8 Å². The number of hydrogen-bond acceptors (Lipinski definition) is 1. The quantitative estimate of drug-likeness (QED) is 0.838. The van der Waals surface area contributed by atoms with Crippen molar-refractivity contribution in [2.75, 3.05) is 6.54 Å². The smallest absolute Gasteiger partial charge is 0.00712 e. The van der Waals surface area contributed by atoms with Gasteiger partial charge in [-0.3, -0.25) is 0 Å². The number of hydrogen-bond donors (Lipinski definition) is 1. The van der Waals surface area contributed by atoms with Crippen molar-refractivity contribution in [3.05, 3.63) is 35.4 Å². The van der Waals surface area contributed by atoms with E-state index in [1.807, 2.05) is 0 Å². The fraction of sp³-hybridized carbons (Fsp3) is 0.647. The van der Waals surface area contributed by atoms with Gasteiger partial charge in [-0.1, -0.05) is 65.8 Å². The minimum absolute atomic E-state index is 0.226. The molecule has 1 atom stereocenters. The van der Waals surface area contributed by atoms with Crippen LogP contribution in [0.15, 0.2) is 24.3 Å². The predicted molar refractivity (Wildman–Crippen MR) is 81.0 cm³/mol. The van der Waals surface area contributed by atoms with Crippen LogP contribution in [0.1, 0.15) is 65.0 Å². The second-order valence-corrected chi connectivity index (χ2v) is 7.37. The van der Waals surface area contributed by atoms with Crippen LogP contribution >= 0.6 is 0 Å². The van der Waals surface area contributed by atoms with Crippen LogP contribution in [-0.2, 0) is 5.41 Å². The lowest BCUT2D eigenvalue weighted by atomic mass is 9.74. The van der Waals surface area contributed by atoms with Crippen LogP contribution in [0.2, 0.25) is 0 Å². The number of nitrogens with two attached hydrogens (primary N) is 1. The number of rotatable bonds is 3. The van der Waals surface area contributed by atoms with Crippen LogP contribution < -0.4 is 5.73 Å². The molecule has 18 heavy (non-hydrogen) atoms. The SMILES string of the molecule is CC(C)(C)c1ccc(C(CCN)C(C)(C)C)cc1. The summed E-state index contributed by atoms with van der Waals surface area (Å²) in [6, 6.07) is 9.10. The van der Waals surface area contributed by atoms with E-state index in [4.69, 9.17) is 5.73 Å². The summed E-state index contributed by atoms with van der Waals surface area (Å²) in [7, 11) is 0. The summed E-state index contributed by atoms with van der Waals surface area (Å²) < 4.78 is 0. The lowest BCUT2D eigenvalue weighted by molar-refractivity contribution is 0.307. The molecule has 1 aromatic rings. The van der Waals surface area contributed by atoms with E-state index in [0.717, 1.165) is 13.0 Å². The molecule has 1 unspecified atom stereocenters. The van der Waals surface area contributed by atoms with Crippen LogP contribution in [0.5, 0.6) is 0 Å². The summed E-state index contributed by atoms with van der Waals surface area (Å²) in [6.45, 7) is 14.4. The summed E-state index contributed by atoms with van der Waals surface area (Å²) in [6.07, 6.45) is 1.05. The van der Waals surface area contributed by atoms with Crippen LogP contribution in [-0.4, -0.2) is 6.54 Å². The summed E-state index contributed by atoms with van der Waals surface area (Å²) in [5.41, 5.74) is 9.07. The standard InChI is InChI=1S/C17H29N/c1-16(2,3)14-9-7-13(8-10-14)15(11-12-18)17(4,5)6/h7-10,15H,11-12,18H2,1-6H3. The van der Waals surface area contributed by atoms with E-state index in [-0.39, 0.29) is 10.8 Å². The van der Waals surface area contributed by atoms with Gasteiger partial charge in [0, 0.05) is 0 Å². The highest BCUT2D eigenvalue weighted by Gasteiger charge is 2.25. The van der Waals surface area contributed by atoms with Crippen molar-refractivity contribution in [1.82, 2.24) is 0 Å². The molecule has 0 bridgehead atoms. The summed E-state index contributed by atoms with van der Waals surface area (Å²) >= 11 is 0. The van der Waals surface area contributed by atoms with Gasteiger partial charge in [0.25, 0.3) is 0 Å². The molecule has 102 valence electrons. The third-order valence-corrected chi connectivity index (χ3v) is 3.68. The molecule has 0 aromatic heterocycles. The van der Waals surface area contributed by atoms with Crippen LogP contribution in [0.3, 0.4) is 0 Å². The van der Waals surface area contributed by atoms with Gasteiger partial charge in [-0.2, -0.15) is 0 Å². The van der Waals surface area contributed by atoms with Gasteiger partial charge in [-0.15, -0.1) is 0 Å². The average Bonchev–Trinajstić information content (AvgIpc) is 2.23. The molecule has 0 amide bonds. The van der Waals surface area contributed by atoms with Gasteiger partial charge in [0.2, 0.25) is 0 Å². The maximum absolute atomic E-state index is 5.76. The molecule has 1 aromatic carbocycles. The molecule has 0 aliphatic rings. The van der Waals surface area contributed by atoms with E-state index < -0.39 is 0 Å². The van der Waals surface area contributed by atoms with Crippen molar-refractivity contribution < 1.29 is 0 Å². The Morgan fingerprint density at radius 3 is 1.78 bits per heavy atom. The fourth-order valence-electron chi connectivity index (χ4n) is 2.48. The van der Waals surface area contributed by atoms with Crippen molar-refractivity contribution in [3.8, 4) is 0 Å². The van der Waals surface area contributed by atoms with E-state index >= 15 is 0 Å². The van der Waals surface area contributed by atoms with Crippen LogP contribution in [0.4, 0.5) is 0 Å². The summed E-state index contributed by atoms with van der Waals surface area (Å²) in [5.74, 6) is 0.538. The van der Waals surface area contributed by atoms with Crippen molar-refractivity contribution in [3.63, 3.8) is 0 Å². The Morgan fingerprint density at radius 1 is 0.944 bits per heavy atom. The second kappa shape index (κ2) is 5.44. The zero-order valence-electron chi connectivity index (χ0n) is 12.9. The molecule has 0 saturated carbocycles. The van der Waals surface area contributed by atoms with E-state index in [1.165, 1.54) is 11.1 Å². The Bertz CT molecular complexity index is 362. The van der Waals surface area contributed by atoms with Crippen LogP contribution in [0.25, 0.3) is 0 Å². The van der Waals surface area contributed by atoms with Gasteiger partial charge < -0.3 is 5.73 Å². The first-order chi connectivity index (χ1) is 8.16. The maximum Gasteiger partial charge on any atom is -0.00712 e. The topological polar surface area (TPSA) is 26.0 Å². The normalized spacial score (nSPS) is 14.6. The maximum atomic E-state index is 5.76. The first-order valence-corrected chi connectivity index (χ1v) is 6.97. The van der Waals surface area contributed by atoms with E-state index in [0.29, 0.717) is 5.92 Å². The largest absolute Gasteiger partial charge is 0.330 e. The van der Waals surface area contributed by atoms with Crippen LogP contribution in [0, 0.1) is 5.41 Å². The third kappa shape index (κ3) is 3.84. The Balaban J connectivity index is 3.02. The van der Waals surface area contributed by atoms with Gasteiger partial charge >= 0.3 is 0 Å². The van der Waals surface area contributed by atoms with E-state index in [1.54, 1.807) is 0 Å². The summed E-state index contributed by atoms with van der Waals surface area (Å²) in [5, 5.41) is 0. The molecular weight excluding hydrogens is 218 g/mol. The molecule has 0 aliphatic heterocycles. The Kier molecular flexibility index (Phi) is 4.61. The first kappa shape index (κ1) is 15.2. The zero-order chi connectivity index (χ0) is 14.0.